The molecule has 7 nitrogen and oxygen atoms in total. The molecule has 3 aromatic rings. The third kappa shape index (κ3) is 4.20. The van der Waals surface area contributed by atoms with E-state index in [4.69, 9.17) is 0 Å². The zero-order chi connectivity index (χ0) is 17.6. The van der Waals surface area contributed by atoms with Gasteiger partial charge in [-0.05, 0) is 12.1 Å². The number of nitrogens with one attached hydrogen (secondary N) is 2. The van der Waals surface area contributed by atoms with Crippen LogP contribution in [0.2, 0.25) is 0 Å². The molecular formula is C18H20N6O. The zero-order valence-electron chi connectivity index (χ0n) is 14.2. The minimum absolute atomic E-state index is 0.194. The smallest absolute Gasteiger partial charge is 0.269 e. The number of anilines is 2. The van der Waals surface area contributed by atoms with Gasteiger partial charge < -0.3 is 15.5 Å². The first-order chi connectivity index (χ1) is 12.1. The van der Waals surface area contributed by atoms with Gasteiger partial charge in [0, 0.05) is 38.6 Å². The maximum atomic E-state index is 12.2. The number of para-hydroxylation sites is 1. The minimum Gasteiger partial charge on any atom is -0.376 e. The van der Waals surface area contributed by atoms with E-state index in [2.05, 4.69) is 25.8 Å². The van der Waals surface area contributed by atoms with Gasteiger partial charge in [0.25, 0.3) is 5.91 Å². The molecule has 2 N–H and O–H groups in total. The third-order valence-corrected chi connectivity index (χ3v) is 3.70. The van der Waals surface area contributed by atoms with E-state index in [1.807, 2.05) is 55.4 Å². The maximum Gasteiger partial charge on any atom is 0.269 e. The van der Waals surface area contributed by atoms with Crippen LogP contribution >= 0.6 is 0 Å². The number of hydrogen-bond donors (Lipinski definition) is 2. The molecule has 25 heavy (non-hydrogen) atoms. The summed E-state index contributed by atoms with van der Waals surface area (Å²) in [5.74, 6) is 0.477. The lowest BCUT2D eigenvalue weighted by atomic mass is 10.2. The Balaban J connectivity index is 1.53. The van der Waals surface area contributed by atoms with Crippen LogP contribution in [-0.2, 0) is 0 Å². The highest BCUT2D eigenvalue weighted by molar-refractivity contribution is 5.94. The zero-order valence-corrected chi connectivity index (χ0v) is 14.2. The number of carbonyl (C=O) groups is 1. The van der Waals surface area contributed by atoms with E-state index in [0.717, 1.165) is 16.6 Å². The van der Waals surface area contributed by atoms with Gasteiger partial charge in [-0.3, -0.25) is 4.79 Å². The van der Waals surface area contributed by atoms with E-state index in [0.29, 0.717) is 24.6 Å². The van der Waals surface area contributed by atoms with Crippen LogP contribution in [0.15, 0.2) is 48.7 Å². The largest absolute Gasteiger partial charge is 0.376 e. The minimum atomic E-state index is -0.194. The van der Waals surface area contributed by atoms with Gasteiger partial charge in [-0.15, -0.1) is 5.10 Å². The summed E-state index contributed by atoms with van der Waals surface area (Å²) in [6.45, 7) is 1.01. The summed E-state index contributed by atoms with van der Waals surface area (Å²) in [5.41, 5.74) is 2.18. The molecule has 0 aliphatic heterocycles. The molecule has 0 unspecified atom stereocenters. The number of nitrogens with zero attached hydrogens (tertiary/aromatic N) is 4. The Morgan fingerprint density at radius 3 is 2.80 bits per heavy atom. The van der Waals surface area contributed by atoms with Crippen molar-refractivity contribution in [1.82, 2.24) is 20.5 Å². The number of aromatic nitrogens is 3. The van der Waals surface area contributed by atoms with Gasteiger partial charge in [0.05, 0.1) is 17.4 Å². The van der Waals surface area contributed by atoms with Crippen molar-refractivity contribution in [1.29, 1.82) is 0 Å². The average molecular weight is 336 g/mol. The Morgan fingerprint density at radius 1 is 1.12 bits per heavy atom. The number of pyridine rings is 1. The predicted molar refractivity (Wildman–Crippen MR) is 98.9 cm³/mol. The van der Waals surface area contributed by atoms with Crippen LogP contribution < -0.4 is 15.5 Å². The topological polar surface area (TPSA) is 83.0 Å². The molecule has 0 saturated carbocycles. The Morgan fingerprint density at radius 2 is 1.96 bits per heavy atom. The molecule has 2 aromatic heterocycles. The number of carbonyl (C=O) groups excluding carboxylic acids is 1. The highest BCUT2D eigenvalue weighted by Gasteiger charge is 2.07. The second kappa shape index (κ2) is 7.57. The van der Waals surface area contributed by atoms with Gasteiger partial charge in [0.15, 0.2) is 5.82 Å². The third-order valence-electron chi connectivity index (χ3n) is 3.70. The Kier molecular flexibility index (Phi) is 5.03. The number of hydrogen-bond acceptors (Lipinski definition) is 6. The highest BCUT2D eigenvalue weighted by Crippen LogP contribution is 2.13. The highest BCUT2D eigenvalue weighted by atomic mass is 16.1. The fourth-order valence-electron chi connectivity index (χ4n) is 2.34. The fourth-order valence-corrected chi connectivity index (χ4v) is 2.34. The molecule has 1 amide bonds. The van der Waals surface area contributed by atoms with Crippen molar-refractivity contribution in [3.63, 3.8) is 0 Å². The van der Waals surface area contributed by atoms with Gasteiger partial charge >= 0.3 is 0 Å². The Bertz CT molecular complexity index is 880. The van der Waals surface area contributed by atoms with Crippen molar-refractivity contribution in [2.75, 3.05) is 37.4 Å². The average Bonchev–Trinajstić information content (AvgIpc) is 2.65. The molecule has 0 aliphatic rings. The van der Waals surface area contributed by atoms with Gasteiger partial charge in [0.1, 0.15) is 5.69 Å². The van der Waals surface area contributed by atoms with E-state index in [9.17, 15) is 4.79 Å². The number of fused-ring (bicyclic) bond motifs is 1. The Labute approximate surface area is 146 Å². The molecule has 0 saturated heterocycles. The summed E-state index contributed by atoms with van der Waals surface area (Å²) in [4.78, 5) is 18.5. The number of rotatable bonds is 6. The summed E-state index contributed by atoms with van der Waals surface area (Å²) in [5, 5.41) is 15.0. The number of benzene rings is 1. The van der Waals surface area contributed by atoms with Crippen molar-refractivity contribution in [2.45, 2.75) is 0 Å². The van der Waals surface area contributed by atoms with Crippen molar-refractivity contribution in [3.8, 4) is 0 Å². The molecule has 128 valence electrons. The molecule has 0 bridgehead atoms. The first-order valence-electron chi connectivity index (χ1n) is 8.01. The van der Waals surface area contributed by atoms with Crippen LogP contribution in [-0.4, -0.2) is 48.3 Å². The van der Waals surface area contributed by atoms with Crippen LogP contribution in [0.4, 0.5) is 11.5 Å². The molecule has 3 rings (SSSR count). The SMILES string of the molecule is CN(C)c1cnnc(NCCNC(=O)c2ccc3ccccc3n2)c1. The Hall–Kier alpha value is -3.22. The van der Waals surface area contributed by atoms with Crippen LogP contribution in [0.3, 0.4) is 0 Å². The first kappa shape index (κ1) is 16.6. The second-order valence-electron chi connectivity index (χ2n) is 5.77. The summed E-state index contributed by atoms with van der Waals surface area (Å²) in [6, 6.07) is 13.3. The number of amides is 1. The monoisotopic (exact) mass is 336 g/mol. The van der Waals surface area contributed by atoms with Crippen LogP contribution in [0.25, 0.3) is 10.9 Å². The molecule has 1 aromatic carbocycles. The first-order valence-corrected chi connectivity index (χ1v) is 8.01. The molecule has 0 radical (unpaired) electrons. The molecule has 0 spiro atoms. The maximum absolute atomic E-state index is 12.2. The van der Waals surface area contributed by atoms with Crippen molar-refractivity contribution >= 4 is 28.3 Å². The lowest BCUT2D eigenvalue weighted by Gasteiger charge is -2.13. The van der Waals surface area contributed by atoms with E-state index in [1.54, 1.807) is 12.3 Å². The fraction of sp³-hybridized carbons (Fsp3) is 0.222. The van der Waals surface area contributed by atoms with Crippen LogP contribution in [0, 0.1) is 0 Å². The van der Waals surface area contributed by atoms with Crippen LogP contribution in [0.1, 0.15) is 10.5 Å². The van der Waals surface area contributed by atoms with Crippen molar-refractivity contribution in [2.24, 2.45) is 0 Å². The van der Waals surface area contributed by atoms with E-state index < -0.39 is 0 Å². The van der Waals surface area contributed by atoms with E-state index >= 15 is 0 Å². The van der Waals surface area contributed by atoms with E-state index in [-0.39, 0.29) is 5.91 Å². The van der Waals surface area contributed by atoms with Gasteiger partial charge in [-0.2, -0.15) is 5.10 Å². The summed E-state index contributed by atoms with van der Waals surface area (Å²) < 4.78 is 0. The molecule has 0 aliphatic carbocycles. The van der Waals surface area contributed by atoms with Crippen molar-refractivity contribution < 1.29 is 4.79 Å². The lowest BCUT2D eigenvalue weighted by molar-refractivity contribution is 0.0950. The van der Waals surface area contributed by atoms with Gasteiger partial charge in [-0.1, -0.05) is 24.3 Å². The predicted octanol–water partition coefficient (Wildman–Crippen LogP) is 1.93. The second-order valence-corrected chi connectivity index (χ2v) is 5.77. The quantitative estimate of drug-likeness (QED) is 0.669. The van der Waals surface area contributed by atoms with Gasteiger partial charge in [-0.25, -0.2) is 4.98 Å². The lowest BCUT2D eigenvalue weighted by Crippen LogP contribution is -2.29. The molecule has 2 heterocycles. The summed E-state index contributed by atoms with van der Waals surface area (Å²) in [7, 11) is 3.88. The summed E-state index contributed by atoms with van der Waals surface area (Å²) in [6.07, 6.45) is 1.69. The molecular weight excluding hydrogens is 316 g/mol. The summed E-state index contributed by atoms with van der Waals surface area (Å²) >= 11 is 0. The molecule has 0 atom stereocenters. The van der Waals surface area contributed by atoms with Crippen molar-refractivity contribution in [3.05, 3.63) is 54.4 Å². The van der Waals surface area contributed by atoms with Crippen LogP contribution in [0.5, 0.6) is 0 Å². The van der Waals surface area contributed by atoms with Gasteiger partial charge in [0.2, 0.25) is 0 Å². The standard InChI is InChI=1S/C18H20N6O/c1-24(2)14-11-17(23-21-12-14)19-9-10-20-18(25)16-8-7-13-5-3-4-6-15(13)22-16/h3-8,11-12H,9-10H2,1-2H3,(H,19,23)(H,20,25). The molecule has 7 heteroatoms. The normalized spacial score (nSPS) is 10.5. The van der Waals surface area contributed by atoms with E-state index in [1.165, 1.54) is 0 Å². The molecule has 0 fully saturated rings.